The summed E-state index contributed by atoms with van der Waals surface area (Å²) in [5.41, 5.74) is 1.19. The minimum atomic E-state index is -0.804. The van der Waals surface area contributed by atoms with Gasteiger partial charge in [0, 0.05) is 26.4 Å². The topological polar surface area (TPSA) is 115 Å². The molecule has 4 heterocycles. The van der Waals surface area contributed by atoms with E-state index < -0.39 is 34.9 Å². The monoisotopic (exact) mass is 639 g/mol. The Kier molecular flexibility index (Phi) is 7.79. The van der Waals surface area contributed by atoms with Crippen molar-refractivity contribution in [3.8, 4) is 0 Å². The lowest BCUT2D eigenvalue weighted by molar-refractivity contribution is -0.122. The van der Waals surface area contributed by atoms with Crippen LogP contribution in [0.25, 0.3) is 0 Å². The van der Waals surface area contributed by atoms with E-state index in [1.165, 1.54) is 28.0 Å². The fourth-order valence-electron chi connectivity index (χ4n) is 5.12. The Morgan fingerprint density at radius 2 is 1.74 bits per heavy atom. The molecule has 42 heavy (non-hydrogen) atoms. The number of thiophene rings is 1. The van der Waals surface area contributed by atoms with Gasteiger partial charge in [0.05, 0.1) is 28.8 Å². The van der Waals surface area contributed by atoms with Crippen molar-refractivity contribution in [2.75, 3.05) is 16.8 Å². The van der Waals surface area contributed by atoms with E-state index in [1.807, 2.05) is 17.5 Å². The van der Waals surface area contributed by atoms with E-state index in [4.69, 9.17) is 16.3 Å². The maximum atomic E-state index is 13.9. The van der Waals surface area contributed by atoms with Gasteiger partial charge >= 0.3 is 10.8 Å². The maximum Gasteiger partial charge on any atom is 0.338 e. The minimum Gasteiger partial charge on any atom is -0.462 e. The van der Waals surface area contributed by atoms with Gasteiger partial charge in [-0.2, -0.15) is 0 Å². The molecule has 0 saturated carbocycles. The molecule has 1 N–H and O–H groups in total. The predicted octanol–water partition coefficient (Wildman–Crippen LogP) is 5.24. The number of aromatic nitrogens is 1. The fourth-order valence-corrected chi connectivity index (χ4v) is 8.97. The number of carbonyl (C=O) groups excluding carboxylic acids is 4. The zero-order valence-electron chi connectivity index (χ0n) is 21.9. The zero-order valence-corrected chi connectivity index (χ0v) is 25.1. The number of fused-ring (bicyclic) bond motifs is 2. The second-order valence-corrected chi connectivity index (χ2v) is 13.1. The summed E-state index contributed by atoms with van der Waals surface area (Å²) < 4.78 is 6.41. The standard InChI is InChI=1S/C29H22ClN3O6S3/c1-2-39-28(37)15-5-11-18(12-6-15)33-25(35)22-21(19-4-3-13-40-19)24-27(41-23(22)26(33)36)32(29(38)42-24)14-20(34)31-17-9-7-16(30)8-10-17/h3-13,21-23H,2,14H2,1H3,(H,31,34)/t21-,22-,23+/m0/s1. The highest BCUT2D eigenvalue weighted by atomic mass is 35.5. The summed E-state index contributed by atoms with van der Waals surface area (Å²) in [7, 11) is 0. The highest BCUT2D eigenvalue weighted by Crippen LogP contribution is 2.54. The molecule has 6 rings (SSSR count). The number of carbonyl (C=O) groups is 4. The second kappa shape index (κ2) is 11.5. The number of hydrogen-bond donors (Lipinski definition) is 1. The van der Waals surface area contributed by atoms with E-state index >= 15 is 0 Å². The number of esters is 1. The zero-order chi connectivity index (χ0) is 29.5. The second-order valence-electron chi connectivity index (χ2n) is 9.52. The van der Waals surface area contributed by atoms with Gasteiger partial charge in [-0.1, -0.05) is 40.8 Å². The first-order chi connectivity index (χ1) is 20.3. The Balaban J connectivity index is 1.34. The van der Waals surface area contributed by atoms with Crippen molar-refractivity contribution in [1.29, 1.82) is 0 Å². The van der Waals surface area contributed by atoms with Gasteiger partial charge in [-0.05, 0) is 66.9 Å². The van der Waals surface area contributed by atoms with Crippen LogP contribution in [0.3, 0.4) is 0 Å². The van der Waals surface area contributed by atoms with Crippen LogP contribution in [0.15, 0.2) is 75.9 Å². The molecule has 0 unspecified atom stereocenters. The number of nitrogens with zero attached hydrogens (tertiary/aromatic N) is 2. The SMILES string of the molecule is CCOC(=O)c1ccc(N2C(=O)[C@H]3[C@H](c4cccs4)c4sc(=O)n(CC(=O)Nc5ccc(Cl)cc5)c4S[C@H]3C2=O)cc1. The summed E-state index contributed by atoms with van der Waals surface area (Å²) in [6, 6.07) is 16.5. The molecule has 0 spiro atoms. The van der Waals surface area contributed by atoms with Gasteiger partial charge in [0.1, 0.15) is 11.8 Å². The Hall–Kier alpha value is -3.71. The van der Waals surface area contributed by atoms with Crippen LogP contribution < -0.4 is 15.1 Å². The molecule has 2 aromatic heterocycles. The summed E-state index contributed by atoms with van der Waals surface area (Å²) in [6.45, 7) is 1.68. The highest BCUT2D eigenvalue weighted by Gasteiger charge is 2.57. The average Bonchev–Trinajstić information content (AvgIpc) is 3.67. The van der Waals surface area contributed by atoms with Crippen LogP contribution in [0.5, 0.6) is 0 Å². The molecular formula is C29H22ClN3O6S3. The molecule has 3 atom stereocenters. The lowest BCUT2D eigenvalue weighted by atomic mass is 9.87. The van der Waals surface area contributed by atoms with Crippen molar-refractivity contribution in [3.63, 3.8) is 0 Å². The van der Waals surface area contributed by atoms with E-state index in [2.05, 4.69) is 5.32 Å². The first-order valence-electron chi connectivity index (χ1n) is 12.9. The van der Waals surface area contributed by atoms with Crippen molar-refractivity contribution < 1.29 is 23.9 Å². The summed E-state index contributed by atoms with van der Waals surface area (Å²) >= 11 is 9.52. The fraction of sp³-hybridized carbons (Fsp3) is 0.207. The number of imide groups is 1. The third kappa shape index (κ3) is 5.08. The van der Waals surface area contributed by atoms with E-state index in [-0.39, 0.29) is 23.9 Å². The Labute approximate surface area is 257 Å². The average molecular weight is 640 g/mol. The summed E-state index contributed by atoms with van der Waals surface area (Å²) in [4.78, 5) is 68.3. The number of rotatable bonds is 7. The quantitative estimate of drug-likeness (QED) is 0.217. The first kappa shape index (κ1) is 28.4. The molecular weight excluding hydrogens is 618 g/mol. The van der Waals surface area contributed by atoms with Crippen LogP contribution in [0.2, 0.25) is 5.02 Å². The summed E-state index contributed by atoms with van der Waals surface area (Å²) in [5, 5.41) is 4.89. The number of halogens is 1. The molecule has 2 aliphatic heterocycles. The molecule has 13 heteroatoms. The summed E-state index contributed by atoms with van der Waals surface area (Å²) in [6.07, 6.45) is 0. The Bertz CT molecular complexity index is 1750. The molecule has 0 bridgehead atoms. The Morgan fingerprint density at radius 1 is 1.00 bits per heavy atom. The van der Waals surface area contributed by atoms with E-state index in [9.17, 15) is 24.0 Å². The molecule has 1 saturated heterocycles. The molecule has 214 valence electrons. The van der Waals surface area contributed by atoms with Crippen molar-refractivity contribution in [3.05, 3.63) is 96.1 Å². The third-order valence-electron chi connectivity index (χ3n) is 6.97. The van der Waals surface area contributed by atoms with Gasteiger partial charge in [0.2, 0.25) is 17.7 Å². The van der Waals surface area contributed by atoms with Gasteiger partial charge in [0.15, 0.2) is 0 Å². The smallest absolute Gasteiger partial charge is 0.338 e. The van der Waals surface area contributed by atoms with Crippen molar-refractivity contribution in [1.82, 2.24) is 4.57 Å². The van der Waals surface area contributed by atoms with Crippen molar-refractivity contribution >= 4 is 81.1 Å². The maximum absolute atomic E-state index is 13.9. The normalized spacial score (nSPS) is 19.4. The lowest BCUT2D eigenvalue weighted by Gasteiger charge is -2.29. The number of thiazole rings is 1. The largest absolute Gasteiger partial charge is 0.462 e. The molecule has 9 nitrogen and oxygen atoms in total. The number of nitrogens with one attached hydrogen (secondary N) is 1. The van der Waals surface area contributed by atoms with Gasteiger partial charge in [0.25, 0.3) is 0 Å². The third-order valence-corrected chi connectivity index (χ3v) is 10.8. The van der Waals surface area contributed by atoms with Crippen molar-refractivity contribution in [2.45, 2.75) is 29.7 Å². The van der Waals surface area contributed by atoms with Gasteiger partial charge in [-0.3, -0.25) is 23.7 Å². The van der Waals surface area contributed by atoms with Crippen LogP contribution in [0, 0.1) is 5.92 Å². The molecule has 0 aliphatic carbocycles. The van der Waals surface area contributed by atoms with Crippen LogP contribution in [0.4, 0.5) is 11.4 Å². The lowest BCUT2D eigenvalue weighted by Crippen LogP contribution is -2.32. The number of ether oxygens (including phenoxy) is 1. The van der Waals surface area contributed by atoms with Crippen molar-refractivity contribution in [2.24, 2.45) is 5.92 Å². The minimum absolute atomic E-state index is 0.229. The molecule has 3 amide bonds. The van der Waals surface area contributed by atoms with E-state index in [0.29, 0.717) is 31.9 Å². The number of amides is 3. The van der Waals surface area contributed by atoms with E-state index in [1.54, 1.807) is 43.3 Å². The first-order valence-corrected chi connectivity index (χ1v) is 15.9. The van der Waals surface area contributed by atoms with Gasteiger partial charge in [-0.15, -0.1) is 11.3 Å². The van der Waals surface area contributed by atoms with Gasteiger partial charge < -0.3 is 10.1 Å². The van der Waals surface area contributed by atoms with Crippen LogP contribution in [-0.2, 0) is 25.7 Å². The van der Waals surface area contributed by atoms with Gasteiger partial charge in [-0.25, -0.2) is 9.69 Å². The number of hydrogen-bond acceptors (Lipinski definition) is 9. The molecule has 4 aromatic rings. The number of thioether (sulfide) groups is 1. The van der Waals surface area contributed by atoms with Crippen LogP contribution in [0.1, 0.15) is 33.0 Å². The van der Waals surface area contributed by atoms with Crippen LogP contribution in [-0.4, -0.2) is 40.1 Å². The summed E-state index contributed by atoms with van der Waals surface area (Å²) in [5.74, 6) is -2.96. The predicted molar refractivity (Wildman–Crippen MR) is 163 cm³/mol. The Morgan fingerprint density at radius 3 is 2.40 bits per heavy atom. The van der Waals surface area contributed by atoms with E-state index in [0.717, 1.165) is 32.9 Å². The molecule has 1 fully saturated rings. The molecule has 0 radical (unpaired) electrons. The highest BCUT2D eigenvalue weighted by molar-refractivity contribution is 8.00. The number of benzene rings is 2. The molecule has 2 aromatic carbocycles. The molecule has 2 aliphatic rings. The van der Waals surface area contributed by atoms with Crippen LogP contribution >= 0.6 is 46.0 Å². The number of anilines is 2.